The summed E-state index contributed by atoms with van der Waals surface area (Å²) < 4.78 is 46.5. The highest BCUT2D eigenvalue weighted by atomic mass is 32.2. The van der Waals surface area contributed by atoms with Crippen LogP contribution in [0.25, 0.3) is 45.1 Å². The largest absolute Gasteiger partial charge is 0.436 e. The molecule has 1 fully saturated rings. The third kappa shape index (κ3) is 3.39. The fourth-order valence-corrected chi connectivity index (χ4v) is 5.68. The fraction of sp³-hybridized carbons (Fsp3) is 0.217. The monoisotopic (exact) mass is 478 g/mol. The Hall–Kier alpha value is -3.86. The molecule has 0 saturated carbocycles. The van der Waals surface area contributed by atoms with Gasteiger partial charge in [-0.3, -0.25) is 9.36 Å². The van der Waals surface area contributed by atoms with Gasteiger partial charge in [-0.05, 0) is 43.3 Å². The second kappa shape index (κ2) is 7.32. The molecular formula is C23H19FN6O3S. The number of furan rings is 1. The highest BCUT2D eigenvalue weighted by Gasteiger charge is 2.36. The lowest BCUT2D eigenvalue weighted by atomic mass is 10.0. The van der Waals surface area contributed by atoms with E-state index in [1.54, 1.807) is 27.7 Å². The Bertz CT molecular complexity index is 1650. The summed E-state index contributed by atoms with van der Waals surface area (Å²) in [6.07, 6.45) is 3.21. The molecule has 1 aromatic carbocycles. The first-order valence-electron chi connectivity index (χ1n) is 10.6. The van der Waals surface area contributed by atoms with Crippen LogP contribution < -0.4 is 0 Å². The smallest absolute Gasteiger partial charge is 0.230 e. The average molecular weight is 479 g/mol. The second-order valence-electron chi connectivity index (χ2n) is 8.46. The highest BCUT2D eigenvalue weighted by Crippen LogP contribution is 2.38. The minimum Gasteiger partial charge on any atom is -0.436 e. The third-order valence-corrected chi connectivity index (χ3v) is 7.74. The van der Waals surface area contributed by atoms with Gasteiger partial charge in [0.15, 0.2) is 15.6 Å². The summed E-state index contributed by atoms with van der Waals surface area (Å²) in [5, 5.41) is 9.75. The van der Waals surface area contributed by atoms with E-state index < -0.39 is 9.84 Å². The summed E-state index contributed by atoms with van der Waals surface area (Å²) in [5.41, 5.74) is 4.60. The van der Waals surface area contributed by atoms with E-state index in [9.17, 15) is 12.8 Å². The van der Waals surface area contributed by atoms with E-state index >= 15 is 0 Å². The molecule has 0 atom stereocenters. The zero-order valence-electron chi connectivity index (χ0n) is 18.3. The molecule has 0 N–H and O–H groups in total. The van der Waals surface area contributed by atoms with Gasteiger partial charge in [0, 0.05) is 24.4 Å². The van der Waals surface area contributed by atoms with Gasteiger partial charge < -0.3 is 4.42 Å². The molecule has 5 aromatic rings. The molecule has 0 amide bonds. The molecular weight excluding hydrogens is 459 g/mol. The van der Waals surface area contributed by atoms with E-state index in [-0.39, 0.29) is 23.4 Å². The average Bonchev–Trinajstić information content (AvgIpc) is 3.48. The van der Waals surface area contributed by atoms with Crippen molar-refractivity contribution < 1.29 is 17.2 Å². The van der Waals surface area contributed by atoms with Gasteiger partial charge in [-0.2, -0.15) is 10.2 Å². The Kier molecular flexibility index (Phi) is 4.46. The van der Waals surface area contributed by atoms with Gasteiger partial charge in [-0.1, -0.05) is 0 Å². The summed E-state index contributed by atoms with van der Waals surface area (Å²) in [6.45, 7) is 1.90. The van der Waals surface area contributed by atoms with Gasteiger partial charge >= 0.3 is 0 Å². The number of hydrogen-bond acceptors (Lipinski definition) is 7. The number of aromatic nitrogens is 6. The maximum atomic E-state index is 13.6. The molecule has 1 aliphatic heterocycles. The summed E-state index contributed by atoms with van der Waals surface area (Å²) in [5.74, 6) is 0.309. The summed E-state index contributed by atoms with van der Waals surface area (Å²) in [7, 11) is -1.20. The predicted octanol–water partition coefficient (Wildman–Crippen LogP) is 3.57. The number of rotatable bonds is 4. The van der Waals surface area contributed by atoms with E-state index in [2.05, 4.69) is 20.2 Å². The maximum Gasteiger partial charge on any atom is 0.230 e. The molecule has 0 radical (unpaired) electrons. The lowest BCUT2D eigenvalue weighted by molar-refractivity contribution is 0.474. The van der Waals surface area contributed by atoms with Gasteiger partial charge in [-0.25, -0.2) is 22.8 Å². The van der Waals surface area contributed by atoms with Crippen molar-refractivity contribution in [3.63, 3.8) is 0 Å². The van der Waals surface area contributed by atoms with Gasteiger partial charge in [0.25, 0.3) is 0 Å². The van der Waals surface area contributed by atoms with Crippen molar-refractivity contribution in [2.45, 2.75) is 13.0 Å². The van der Waals surface area contributed by atoms with Crippen LogP contribution in [0, 0.1) is 12.7 Å². The second-order valence-corrected chi connectivity index (χ2v) is 10.6. The number of halogens is 1. The Morgan fingerprint density at radius 3 is 2.50 bits per heavy atom. The molecule has 6 rings (SSSR count). The van der Waals surface area contributed by atoms with Gasteiger partial charge in [-0.15, -0.1) is 0 Å². The Balaban J connectivity index is 1.53. The van der Waals surface area contributed by atoms with E-state index in [1.807, 2.05) is 26.1 Å². The molecule has 1 aliphatic rings. The Morgan fingerprint density at radius 2 is 1.82 bits per heavy atom. The number of sulfone groups is 1. The first-order chi connectivity index (χ1) is 16.3. The first kappa shape index (κ1) is 20.7. The lowest BCUT2D eigenvalue weighted by Crippen LogP contribution is -2.38. The molecule has 0 bridgehead atoms. The van der Waals surface area contributed by atoms with Crippen LogP contribution in [0.15, 0.2) is 53.3 Å². The van der Waals surface area contributed by atoms with E-state index in [0.29, 0.717) is 39.4 Å². The molecule has 172 valence electrons. The normalized spacial score (nSPS) is 15.6. The van der Waals surface area contributed by atoms with Crippen LogP contribution in [0.1, 0.15) is 11.7 Å². The highest BCUT2D eigenvalue weighted by molar-refractivity contribution is 7.92. The summed E-state index contributed by atoms with van der Waals surface area (Å²) in [6, 6.07) is 9.53. The fourth-order valence-electron chi connectivity index (χ4n) is 4.30. The Labute approximate surface area is 193 Å². The number of benzene rings is 1. The molecule has 4 aromatic heterocycles. The van der Waals surface area contributed by atoms with Crippen molar-refractivity contribution in [1.29, 1.82) is 0 Å². The minimum absolute atomic E-state index is 0.0336. The van der Waals surface area contributed by atoms with Crippen LogP contribution in [-0.2, 0) is 16.9 Å². The molecule has 5 heterocycles. The number of aryl methyl sites for hydroxylation is 2. The van der Waals surface area contributed by atoms with Crippen molar-refractivity contribution in [2.75, 3.05) is 11.5 Å². The van der Waals surface area contributed by atoms with Gasteiger partial charge in [0.2, 0.25) is 5.71 Å². The lowest BCUT2D eigenvalue weighted by Gasteiger charge is -2.25. The first-order valence-corrected chi connectivity index (χ1v) is 12.4. The number of nitrogens with zero attached hydrogens (tertiary/aromatic N) is 6. The SMILES string of the molecule is Cc1cc(-c2cc3c(-c4cn(C5CS(=O)(=O)C5)nc4-c4ccc(F)cc4)ncnc3o2)n(C)n1. The summed E-state index contributed by atoms with van der Waals surface area (Å²) in [4.78, 5) is 8.81. The number of fused-ring (bicyclic) bond motifs is 1. The van der Waals surface area contributed by atoms with Crippen LogP contribution in [0.5, 0.6) is 0 Å². The molecule has 0 spiro atoms. The topological polar surface area (TPSA) is 109 Å². The standard InChI is InChI=1S/C23H19FN6O3S/c1-13-7-19(29(2)27-13)20-8-17-22(25-12-26-23(17)33-20)18-9-30(16-10-34(31,32)11-16)28-21(18)14-3-5-15(24)6-4-14/h3-9,12,16H,10-11H2,1-2H3. The number of hydrogen-bond donors (Lipinski definition) is 0. The zero-order valence-corrected chi connectivity index (χ0v) is 19.1. The van der Waals surface area contributed by atoms with Crippen LogP contribution in [0.4, 0.5) is 4.39 Å². The van der Waals surface area contributed by atoms with Crippen molar-refractivity contribution in [2.24, 2.45) is 7.05 Å². The molecule has 0 aliphatic carbocycles. The maximum absolute atomic E-state index is 13.6. The van der Waals surface area contributed by atoms with Crippen LogP contribution in [0.3, 0.4) is 0 Å². The third-order valence-electron chi connectivity index (χ3n) is 5.96. The quantitative estimate of drug-likeness (QED) is 0.388. The molecule has 11 heteroatoms. The van der Waals surface area contributed by atoms with E-state index in [0.717, 1.165) is 11.4 Å². The van der Waals surface area contributed by atoms with E-state index in [1.165, 1.54) is 18.5 Å². The predicted molar refractivity (Wildman–Crippen MR) is 123 cm³/mol. The van der Waals surface area contributed by atoms with Crippen molar-refractivity contribution in [3.8, 4) is 34.0 Å². The summed E-state index contributed by atoms with van der Waals surface area (Å²) >= 11 is 0. The Morgan fingerprint density at radius 1 is 1.06 bits per heavy atom. The zero-order chi connectivity index (χ0) is 23.6. The molecule has 9 nitrogen and oxygen atoms in total. The molecule has 34 heavy (non-hydrogen) atoms. The van der Waals surface area contributed by atoms with Gasteiger partial charge in [0.05, 0.1) is 34.3 Å². The van der Waals surface area contributed by atoms with Crippen molar-refractivity contribution in [1.82, 2.24) is 29.5 Å². The van der Waals surface area contributed by atoms with Crippen LogP contribution in [0.2, 0.25) is 0 Å². The molecule has 0 unspecified atom stereocenters. The molecule has 1 saturated heterocycles. The minimum atomic E-state index is -3.04. The van der Waals surface area contributed by atoms with Crippen LogP contribution >= 0.6 is 0 Å². The van der Waals surface area contributed by atoms with E-state index in [4.69, 9.17) is 4.42 Å². The van der Waals surface area contributed by atoms with Crippen LogP contribution in [-0.4, -0.2) is 49.5 Å². The van der Waals surface area contributed by atoms with Crippen molar-refractivity contribution in [3.05, 3.63) is 60.4 Å². The van der Waals surface area contributed by atoms with Gasteiger partial charge in [0.1, 0.15) is 23.5 Å². The van der Waals surface area contributed by atoms with Crippen molar-refractivity contribution >= 4 is 20.9 Å².